The number of aromatic nitrogens is 4. The van der Waals surface area contributed by atoms with Crippen molar-refractivity contribution in [2.45, 2.75) is 33.4 Å². The van der Waals surface area contributed by atoms with Gasteiger partial charge in [0.1, 0.15) is 18.4 Å². The molecular weight excluding hydrogens is 438 g/mol. The first-order chi connectivity index (χ1) is 16.5. The molecule has 1 aromatic heterocycles. The van der Waals surface area contributed by atoms with E-state index in [2.05, 4.69) is 20.8 Å². The molecule has 1 unspecified atom stereocenters. The number of allylic oxidation sites excluding steroid dienone is 1. The van der Waals surface area contributed by atoms with Gasteiger partial charge < -0.3 is 19.5 Å². The number of nitrogens with one attached hydrogen (secondary N) is 1. The van der Waals surface area contributed by atoms with Crippen LogP contribution in [0.1, 0.15) is 48.3 Å². The number of benzene rings is 2. The molecule has 0 saturated carbocycles. The van der Waals surface area contributed by atoms with Crippen LogP contribution in [0.25, 0.3) is 0 Å². The van der Waals surface area contributed by atoms with Gasteiger partial charge in [0.2, 0.25) is 5.95 Å². The number of anilines is 1. The third-order valence-corrected chi connectivity index (χ3v) is 5.28. The maximum Gasteiger partial charge on any atom is 0.338 e. The molecule has 0 bridgehead atoms. The molecule has 0 amide bonds. The zero-order valence-electron chi connectivity index (χ0n) is 19.1. The zero-order chi connectivity index (χ0) is 24.1. The minimum absolute atomic E-state index is 0.241. The molecule has 2 aromatic carbocycles. The van der Waals surface area contributed by atoms with Gasteiger partial charge in [0.05, 0.1) is 24.4 Å². The highest BCUT2D eigenvalue weighted by Crippen LogP contribution is 2.39. The van der Waals surface area contributed by atoms with Crippen LogP contribution in [-0.2, 0) is 20.9 Å². The molecule has 4 rings (SSSR count). The number of esters is 2. The number of para-hydroxylation sites is 1. The van der Waals surface area contributed by atoms with Gasteiger partial charge in [-0.15, -0.1) is 0 Å². The van der Waals surface area contributed by atoms with E-state index < -0.39 is 12.0 Å². The van der Waals surface area contributed by atoms with Crippen LogP contribution in [0.15, 0.2) is 59.8 Å². The molecule has 3 aromatic rings. The molecule has 0 fully saturated rings. The fraction of sp³-hybridized carbons (Fsp3) is 0.292. The number of hydrogen-bond donors (Lipinski definition) is 1. The minimum atomic E-state index is -0.632. The highest BCUT2D eigenvalue weighted by atomic mass is 16.5. The molecule has 1 aliphatic heterocycles. The molecule has 34 heavy (non-hydrogen) atoms. The molecule has 176 valence electrons. The van der Waals surface area contributed by atoms with Crippen molar-refractivity contribution in [3.63, 3.8) is 0 Å². The van der Waals surface area contributed by atoms with Crippen LogP contribution < -0.4 is 10.1 Å². The quantitative estimate of drug-likeness (QED) is 0.502. The topological polar surface area (TPSA) is 117 Å². The Hall–Kier alpha value is -4.21. The summed E-state index contributed by atoms with van der Waals surface area (Å²) in [4.78, 5) is 24.7. The number of ether oxygens (including phenoxy) is 3. The second kappa shape index (κ2) is 10.2. The smallest absolute Gasteiger partial charge is 0.338 e. The fourth-order valence-corrected chi connectivity index (χ4v) is 3.72. The lowest BCUT2D eigenvalue weighted by Gasteiger charge is -2.28. The van der Waals surface area contributed by atoms with Gasteiger partial charge in [0.15, 0.2) is 0 Å². The van der Waals surface area contributed by atoms with Crippen LogP contribution in [0.3, 0.4) is 0 Å². The Bertz CT molecular complexity index is 1220. The van der Waals surface area contributed by atoms with Crippen LogP contribution >= 0.6 is 0 Å². The number of hydrogen-bond acceptors (Lipinski definition) is 9. The van der Waals surface area contributed by atoms with Crippen molar-refractivity contribution in [2.24, 2.45) is 0 Å². The Labute approximate surface area is 196 Å². The molecule has 1 aliphatic rings. The largest absolute Gasteiger partial charge is 0.489 e. The van der Waals surface area contributed by atoms with Crippen molar-refractivity contribution in [3.05, 3.63) is 76.5 Å². The normalized spacial score (nSPS) is 14.7. The maximum absolute atomic E-state index is 12.9. The Morgan fingerprint density at radius 3 is 2.44 bits per heavy atom. The number of tetrazole rings is 1. The molecule has 10 heteroatoms. The third-order valence-electron chi connectivity index (χ3n) is 5.28. The van der Waals surface area contributed by atoms with E-state index in [0.29, 0.717) is 40.7 Å². The van der Waals surface area contributed by atoms with Crippen LogP contribution in [0, 0.1) is 0 Å². The van der Waals surface area contributed by atoms with Crippen LogP contribution in [-0.4, -0.2) is 45.4 Å². The summed E-state index contributed by atoms with van der Waals surface area (Å²) in [5.41, 5.74) is 3.06. The number of carbonyl (C=O) groups excluding carboxylic acids is 2. The van der Waals surface area contributed by atoms with Gasteiger partial charge in [0.25, 0.3) is 0 Å². The third kappa shape index (κ3) is 4.61. The lowest BCUT2D eigenvalue weighted by molar-refractivity contribution is -0.139. The summed E-state index contributed by atoms with van der Waals surface area (Å²) in [7, 11) is 0. The molecule has 0 aliphatic carbocycles. The van der Waals surface area contributed by atoms with Gasteiger partial charge in [-0.05, 0) is 55.0 Å². The Morgan fingerprint density at radius 2 is 1.71 bits per heavy atom. The van der Waals surface area contributed by atoms with Gasteiger partial charge in [0, 0.05) is 11.3 Å². The Kier molecular flexibility index (Phi) is 6.86. The van der Waals surface area contributed by atoms with Gasteiger partial charge in [-0.25, -0.2) is 9.59 Å². The highest BCUT2D eigenvalue weighted by molar-refractivity contribution is 5.92. The molecule has 0 spiro atoms. The fourth-order valence-electron chi connectivity index (χ4n) is 3.72. The summed E-state index contributed by atoms with van der Waals surface area (Å²) in [5, 5.41) is 14.9. The summed E-state index contributed by atoms with van der Waals surface area (Å²) in [6.07, 6.45) is 0. The summed E-state index contributed by atoms with van der Waals surface area (Å²) >= 11 is 0. The molecule has 2 heterocycles. The monoisotopic (exact) mass is 463 g/mol. The van der Waals surface area contributed by atoms with Crippen molar-refractivity contribution in [3.8, 4) is 5.75 Å². The lowest BCUT2D eigenvalue weighted by atomic mass is 9.95. The average molecular weight is 463 g/mol. The second-order valence-corrected chi connectivity index (χ2v) is 7.48. The average Bonchev–Trinajstić information content (AvgIpc) is 3.31. The lowest BCUT2D eigenvalue weighted by Crippen LogP contribution is -2.30. The zero-order valence-corrected chi connectivity index (χ0v) is 19.1. The van der Waals surface area contributed by atoms with E-state index in [4.69, 9.17) is 14.2 Å². The molecule has 10 nitrogen and oxygen atoms in total. The standard InChI is InChI=1S/C24H25N5O5/c1-4-32-22(30)17-12-10-16(11-13-17)14-34-19-9-7-6-8-18(19)21-20(23(31)33-5-2)15(3)25-24-26-27-28-29(21)24/h6-13,21H,4-5,14H2,1-3H3,(H,25,26,28). The summed E-state index contributed by atoms with van der Waals surface area (Å²) in [6, 6.07) is 13.8. The summed E-state index contributed by atoms with van der Waals surface area (Å²) < 4.78 is 18.0. The van der Waals surface area contributed by atoms with Gasteiger partial charge >= 0.3 is 11.9 Å². The minimum Gasteiger partial charge on any atom is -0.489 e. The second-order valence-electron chi connectivity index (χ2n) is 7.48. The number of carbonyl (C=O) groups is 2. The summed E-state index contributed by atoms with van der Waals surface area (Å²) in [6.45, 7) is 6.12. The summed E-state index contributed by atoms with van der Waals surface area (Å²) in [5.74, 6) is 0.167. The molecule has 0 saturated heterocycles. The highest BCUT2D eigenvalue weighted by Gasteiger charge is 2.36. The number of fused-ring (bicyclic) bond motifs is 1. The van der Waals surface area contributed by atoms with Crippen molar-refractivity contribution in [1.82, 2.24) is 20.2 Å². The first-order valence-electron chi connectivity index (χ1n) is 10.9. The molecule has 0 radical (unpaired) electrons. The molecule has 1 N–H and O–H groups in total. The predicted molar refractivity (Wildman–Crippen MR) is 122 cm³/mol. The SMILES string of the molecule is CCOC(=O)C1=C(C)Nc2nnnn2C1c1ccccc1OCc1ccc(C(=O)OCC)cc1. The van der Waals surface area contributed by atoms with E-state index in [0.717, 1.165) is 5.56 Å². The van der Waals surface area contributed by atoms with Crippen molar-refractivity contribution < 1.29 is 23.8 Å². The predicted octanol–water partition coefficient (Wildman–Crippen LogP) is 3.28. The molecular formula is C24H25N5O5. The van der Waals surface area contributed by atoms with E-state index in [9.17, 15) is 9.59 Å². The van der Waals surface area contributed by atoms with E-state index in [1.165, 1.54) is 4.68 Å². The van der Waals surface area contributed by atoms with Crippen LogP contribution in [0.2, 0.25) is 0 Å². The Morgan fingerprint density at radius 1 is 1.00 bits per heavy atom. The van der Waals surface area contributed by atoms with Crippen LogP contribution in [0.4, 0.5) is 5.95 Å². The molecule has 1 atom stereocenters. The first kappa shape index (κ1) is 23.0. The van der Waals surface area contributed by atoms with Crippen molar-refractivity contribution in [2.75, 3.05) is 18.5 Å². The first-order valence-corrected chi connectivity index (χ1v) is 10.9. The van der Waals surface area contributed by atoms with E-state index >= 15 is 0 Å². The van der Waals surface area contributed by atoms with Gasteiger partial charge in [-0.3, -0.25) is 0 Å². The van der Waals surface area contributed by atoms with E-state index in [-0.39, 0.29) is 19.2 Å². The van der Waals surface area contributed by atoms with Gasteiger partial charge in [-0.2, -0.15) is 4.68 Å². The van der Waals surface area contributed by atoms with Crippen molar-refractivity contribution in [1.29, 1.82) is 0 Å². The van der Waals surface area contributed by atoms with E-state index in [1.54, 1.807) is 32.9 Å². The Balaban J connectivity index is 1.63. The maximum atomic E-state index is 12.9. The van der Waals surface area contributed by atoms with Gasteiger partial charge in [-0.1, -0.05) is 35.4 Å². The number of rotatable bonds is 8. The van der Waals surface area contributed by atoms with E-state index in [1.807, 2.05) is 36.4 Å². The van der Waals surface area contributed by atoms with Crippen molar-refractivity contribution >= 4 is 17.9 Å². The number of nitrogens with zero attached hydrogens (tertiary/aromatic N) is 4. The van der Waals surface area contributed by atoms with Crippen LogP contribution in [0.5, 0.6) is 5.75 Å².